The number of nitrogens with zero attached hydrogens (tertiary/aromatic N) is 1. The van der Waals surface area contributed by atoms with E-state index in [2.05, 4.69) is 20.8 Å². The molecule has 2 rings (SSSR count). The maximum atomic E-state index is 11.6. The summed E-state index contributed by atoms with van der Waals surface area (Å²) in [4.78, 5) is 11.6. The highest BCUT2D eigenvalue weighted by Gasteiger charge is 2.04. The normalized spacial score (nSPS) is 11.9. The minimum atomic E-state index is -0.515. The summed E-state index contributed by atoms with van der Waals surface area (Å²) in [7, 11) is 0. The first-order valence-electron chi connectivity index (χ1n) is 5.50. The summed E-state index contributed by atoms with van der Waals surface area (Å²) in [6.07, 6.45) is 2.57. The fourth-order valence-corrected chi connectivity index (χ4v) is 1.46. The monoisotopic (exact) mass is 246 g/mol. The van der Waals surface area contributed by atoms with E-state index in [1.807, 2.05) is 0 Å². The molecule has 94 valence electrons. The van der Waals surface area contributed by atoms with Gasteiger partial charge in [-0.3, -0.25) is 5.10 Å². The number of rotatable bonds is 3. The Morgan fingerprint density at radius 1 is 1.28 bits per heavy atom. The molecule has 0 aliphatic rings. The number of carbonyl (C=O) groups excluding carboxylic acids is 1. The Morgan fingerprint density at radius 3 is 2.50 bits per heavy atom. The second-order valence-corrected chi connectivity index (χ2v) is 3.86. The molecule has 0 spiro atoms. The van der Waals surface area contributed by atoms with Crippen molar-refractivity contribution >= 4 is 17.4 Å². The van der Waals surface area contributed by atoms with Crippen molar-refractivity contribution in [3.63, 3.8) is 0 Å². The highest BCUT2D eigenvalue weighted by molar-refractivity contribution is 5.99. The van der Waals surface area contributed by atoms with Crippen molar-refractivity contribution in [2.45, 2.75) is 13.0 Å². The molecule has 2 aromatic rings. The smallest absolute Gasteiger partial charge is 0.323 e. The number of aliphatic hydroxyl groups excluding tert-OH is 1. The number of aromatic amines is 1. The van der Waals surface area contributed by atoms with Crippen LogP contribution in [0.25, 0.3) is 0 Å². The van der Waals surface area contributed by atoms with Crippen LogP contribution in [0.1, 0.15) is 18.6 Å². The molecule has 4 N–H and O–H groups in total. The zero-order chi connectivity index (χ0) is 13.0. The number of anilines is 2. The number of amides is 2. The van der Waals surface area contributed by atoms with Gasteiger partial charge < -0.3 is 15.7 Å². The van der Waals surface area contributed by atoms with Gasteiger partial charge in [0.1, 0.15) is 0 Å². The molecule has 1 unspecified atom stereocenters. The quantitative estimate of drug-likeness (QED) is 0.668. The summed E-state index contributed by atoms with van der Waals surface area (Å²) in [5.74, 6) is 0. The average Bonchev–Trinajstić information content (AvgIpc) is 2.82. The SMILES string of the molecule is CC(O)c1ccc(NC(=O)Nc2cn[nH]c2)cc1. The Kier molecular flexibility index (Phi) is 3.59. The molecule has 0 fully saturated rings. The summed E-state index contributed by atoms with van der Waals surface area (Å²) in [6.45, 7) is 1.69. The minimum Gasteiger partial charge on any atom is -0.389 e. The number of hydrogen-bond donors (Lipinski definition) is 4. The molecular weight excluding hydrogens is 232 g/mol. The topological polar surface area (TPSA) is 90.0 Å². The number of urea groups is 1. The summed E-state index contributed by atoms with van der Waals surface area (Å²) >= 11 is 0. The molecule has 1 aromatic heterocycles. The summed E-state index contributed by atoms with van der Waals surface area (Å²) in [6, 6.07) is 6.64. The number of aliphatic hydroxyl groups is 1. The van der Waals surface area contributed by atoms with Crippen molar-refractivity contribution in [3.05, 3.63) is 42.2 Å². The van der Waals surface area contributed by atoms with E-state index in [-0.39, 0.29) is 6.03 Å². The van der Waals surface area contributed by atoms with Gasteiger partial charge in [-0.25, -0.2) is 4.79 Å². The predicted octanol–water partition coefficient (Wildman–Crippen LogP) is 2.11. The number of H-pyrrole nitrogens is 1. The number of hydrogen-bond acceptors (Lipinski definition) is 3. The fourth-order valence-electron chi connectivity index (χ4n) is 1.46. The lowest BCUT2D eigenvalue weighted by molar-refractivity contribution is 0.199. The summed E-state index contributed by atoms with van der Waals surface area (Å²) in [5.41, 5.74) is 2.05. The molecule has 18 heavy (non-hydrogen) atoms. The molecule has 0 bridgehead atoms. The van der Waals surface area contributed by atoms with Crippen LogP contribution in [0.2, 0.25) is 0 Å². The Labute approximate surface area is 104 Å². The van der Waals surface area contributed by atoms with Crippen molar-refractivity contribution in [1.29, 1.82) is 0 Å². The molecule has 0 aliphatic heterocycles. The molecular formula is C12H14N4O2. The number of aromatic nitrogens is 2. The summed E-state index contributed by atoms with van der Waals surface area (Å²) in [5, 5.41) is 21.0. The van der Waals surface area contributed by atoms with Crippen LogP contribution in [0.4, 0.5) is 16.2 Å². The van der Waals surface area contributed by atoms with Crippen molar-refractivity contribution in [3.8, 4) is 0 Å². The van der Waals surface area contributed by atoms with Gasteiger partial charge in [-0.2, -0.15) is 5.10 Å². The van der Waals surface area contributed by atoms with Crippen molar-refractivity contribution in [1.82, 2.24) is 10.2 Å². The number of carbonyl (C=O) groups is 1. The van der Waals surface area contributed by atoms with E-state index in [1.165, 1.54) is 6.20 Å². The zero-order valence-corrected chi connectivity index (χ0v) is 9.84. The number of benzene rings is 1. The van der Waals surface area contributed by atoms with Crippen LogP contribution >= 0.6 is 0 Å². The molecule has 2 amide bonds. The largest absolute Gasteiger partial charge is 0.389 e. The molecule has 0 saturated heterocycles. The molecule has 0 aliphatic carbocycles. The minimum absolute atomic E-state index is 0.346. The van der Waals surface area contributed by atoms with Gasteiger partial charge in [-0.1, -0.05) is 12.1 Å². The van der Waals surface area contributed by atoms with E-state index in [0.29, 0.717) is 11.4 Å². The lowest BCUT2D eigenvalue weighted by Gasteiger charge is -2.08. The third-order valence-corrected chi connectivity index (χ3v) is 2.41. The van der Waals surface area contributed by atoms with Gasteiger partial charge in [0.05, 0.1) is 18.0 Å². The molecule has 6 heteroatoms. The third-order valence-electron chi connectivity index (χ3n) is 2.41. The van der Waals surface area contributed by atoms with Gasteiger partial charge in [0.2, 0.25) is 0 Å². The molecule has 1 heterocycles. The maximum Gasteiger partial charge on any atom is 0.323 e. The van der Waals surface area contributed by atoms with Crippen LogP contribution < -0.4 is 10.6 Å². The van der Waals surface area contributed by atoms with Crippen molar-refractivity contribution in [2.24, 2.45) is 0 Å². The van der Waals surface area contributed by atoms with Crippen LogP contribution in [-0.4, -0.2) is 21.3 Å². The van der Waals surface area contributed by atoms with Gasteiger partial charge in [-0.15, -0.1) is 0 Å². The molecule has 0 saturated carbocycles. The Balaban J connectivity index is 1.95. The van der Waals surface area contributed by atoms with Crippen LogP contribution in [0, 0.1) is 0 Å². The highest BCUT2D eigenvalue weighted by Crippen LogP contribution is 2.15. The van der Waals surface area contributed by atoms with Gasteiger partial charge >= 0.3 is 6.03 Å². The van der Waals surface area contributed by atoms with E-state index in [4.69, 9.17) is 0 Å². The van der Waals surface area contributed by atoms with Crippen LogP contribution in [-0.2, 0) is 0 Å². The van der Waals surface area contributed by atoms with Gasteiger partial charge in [0.15, 0.2) is 0 Å². The molecule has 0 radical (unpaired) electrons. The second kappa shape index (κ2) is 5.33. The Morgan fingerprint density at radius 2 is 1.94 bits per heavy atom. The Hall–Kier alpha value is -2.34. The Bertz CT molecular complexity index is 505. The van der Waals surface area contributed by atoms with Gasteiger partial charge in [0, 0.05) is 11.9 Å². The first-order valence-corrected chi connectivity index (χ1v) is 5.50. The molecule has 6 nitrogen and oxygen atoms in total. The van der Waals surface area contributed by atoms with E-state index in [9.17, 15) is 9.90 Å². The average molecular weight is 246 g/mol. The van der Waals surface area contributed by atoms with Crippen molar-refractivity contribution in [2.75, 3.05) is 10.6 Å². The van der Waals surface area contributed by atoms with Crippen LogP contribution in [0.15, 0.2) is 36.7 Å². The summed E-state index contributed by atoms with van der Waals surface area (Å²) < 4.78 is 0. The van der Waals surface area contributed by atoms with Gasteiger partial charge in [0.25, 0.3) is 0 Å². The standard InChI is InChI=1S/C12H14N4O2/c1-8(17)9-2-4-10(5-3-9)15-12(18)16-11-6-13-14-7-11/h2-8,17H,1H3,(H,13,14)(H2,15,16,18). The van der Waals surface area contributed by atoms with E-state index < -0.39 is 6.10 Å². The maximum absolute atomic E-state index is 11.6. The second-order valence-electron chi connectivity index (χ2n) is 3.86. The lowest BCUT2D eigenvalue weighted by Crippen LogP contribution is -2.19. The number of nitrogens with one attached hydrogen (secondary N) is 3. The zero-order valence-electron chi connectivity index (χ0n) is 9.84. The third kappa shape index (κ3) is 3.08. The first kappa shape index (κ1) is 12.1. The lowest BCUT2D eigenvalue weighted by atomic mass is 10.1. The van der Waals surface area contributed by atoms with Gasteiger partial charge in [-0.05, 0) is 24.6 Å². The van der Waals surface area contributed by atoms with E-state index in [1.54, 1.807) is 37.4 Å². The van der Waals surface area contributed by atoms with Crippen LogP contribution in [0.5, 0.6) is 0 Å². The first-order chi connectivity index (χ1) is 8.65. The van der Waals surface area contributed by atoms with Crippen molar-refractivity contribution < 1.29 is 9.90 Å². The van der Waals surface area contributed by atoms with E-state index >= 15 is 0 Å². The molecule has 1 atom stereocenters. The predicted molar refractivity (Wildman–Crippen MR) is 68.3 cm³/mol. The van der Waals surface area contributed by atoms with E-state index in [0.717, 1.165) is 5.56 Å². The molecule has 1 aromatic carbocycles. The van der Waals surface area contributed by atoms with Crippen LogP contribution in [0.3, 0.4) is 0 Å². The fraction of sp³-hybridized carbons (Fsp3) is 0.167. The highest BCUT2D eigenvalue weighted by atomic mass is 16.3.